The third kappa shape index (κ3) is 5.07. The molecule has 0 unspecified atom stereocenters. The fourth-order valence-corrected chi connectivity index (χ4v) is 4.90. The fourth-order valence-electron chi connectivity index (χ4n) is 3.35. The van der Waals surface area contributed by atoms with Crippen molar-refractivity contribution in [2.45, 2.75) is 37.1 Å². The minimum Gasteiger partial charge on any atom is -0.376 e. The van der Waals surface area contributed by atoms with Crippen molar-refractivity contribution in [2.24, 2.45) is 0 Å². The molecule has 1 atom stereocenters. The zero-order valence-electron chi connectivity index (χ0n) is 16.0. The van der Waals surface area contributed by atoms with Crippen LogP contribution in [0.2, 0.25) is 0 Å². The van der Waals surface area contributed by atoms with Gasteiger partial charge in [0.25, 0.3) is 5.56 Å². The molecule has 1 amide bonds. The molecule has 3 heterocycles. The summed E-state index contributed by atoms with van der Waals surface area (Å²) in [5.74, 6) is 0.147. The van der Waals surface area contributed by atoms with Crippen LogP contribution in [0.4, 0.5) is 0 Å². The standard InChI is InChI=1S/C21H23N3O3S2/c25-19(22-13-15-5-3-11-27-15)14-29-21-23-18-8-2-1-7-17(18)20(26)24(21)10-9-16-6-4-12-28-16/h1-2,4,6-8,12,15H,3,5,9-11,13-14H2,(H,22,25)/t15-/m1/s1. The van der Waals surface area contributed by atoms with Crippen molar-refractivity contribution in [3.63, 3.8) is 0 Å². The van der Waals surface area contributed by atoms with Gasteiger partial charge in [-0.2, -0.15) is 0 Å². The van der Waals surface area contributed by atoms with Gasteiger partial charge in [-0.3, -0.25) is 14.2 Å². The summed E-state index contributed by atoms with van der Waals surface area (Å²) < 4.78 is 7.23. The predicted octanol–water partition coefficient (Wildman–Crippen LogP) is 3.09. The first-order valence-corrected chi connectivity index (χ1v) is 11.6. The second kappa shape index (κ2) is 9.56. The van der Waals surface area contributed by atoms with Crippen LogP contribution in [0.25, 0.3) is 10.9 Å². The van der Waals surface area contributed by atoms with E-state index < -0.39 is 0 Å². The van der Waals surface area contributed by atoms with Gasteiger partial charge in [0.2, 0.25) is 5.91 Å². The Bertz CT molecular complexity index is 1030. The maximum absolute atomic E-state index is 13.0. The Balaban J connectivity index is 1.49. The minimum absolute atomic E-state index is 0.0607. The number of carbonyl (C=O) groups is 1. The largest absolute Gasteiger partial charge is 0.376 e. The van der Waals surface area contributed by atoms with Crippen LogP contribution in [-0.2, 0) is 22.5 Å². The quantitative estimate of drug-likeness (QED) is 0.440. The number of hydrogen-bond donors (Lipinski definition) is 1. The molecule has 29 heavy (non-hydrogen) atoms. The highest BCUT2D eigenvalue weighted by Gasteiger charge is 2.17. The third-order valence-corrected chi connectivity index (χ3v) is 6.78. The van der Waals surface area contributed by atoms with Gasteiger partial charge in [-0.15, -0.1) is 11.3 Å². The van der Waals surface area contributed by atoms with Gasteiger partial charge in [0.15, 0.2) is 5.16 Å². The number of nitrogens with one attached hydrogen (secondary N) is 1. The molecular weight excluding hydrogens is 406 g/mol. The van der Waals surface area contributed by atoms with Crippen LogP contribution in [0.1, 0.15) is 17.7 Å². The highest BCUT2D eigenvalue weighted by molar-refractivity contribution is 7.99. The molecule has 1 aliphatic rings. The van der Waals surface area contributed by atoms with E-state index in [4.69, 9.17) is 4.74 Å². The second-order valence-corrected chi connectivity index (χ2v) is 8.90. The van der Waals surface area contributed by atoms with E-state index >= 15 is 0 Å². The Morgan fingerprint density at radius 1 is 1.31 bits per heavy atom. The molecular formula is C21H23N3O3S2. The monoisotopic (exact) mass is 429 g/mol. The molecule has 3 aromatic rings. The molecule has 6 nitrogen and oxygen atoms in total. The molecule has 0 aliphatic carbocycles. The number of amides is 1. The Morgan fingerprint density at radius 3 is 3.00 bits per heavy atom. The molecule has 1 N–H and O–H groups in total. The van der Waals surface area contributed by atoms with Crippen LogP contribution in [0.15, 0.2) is 51.7 Å². The first-order chi connectivity index (χ1) is 14.2. The summed E-state index contributed by atoms with van der Waals surface area (Å²) in [5, 5.41) is 6.14. The van der Waals surface area contributed by atoms with Gasteiger partial charge in [-0.1, -0.05) is 30.0 Å². The van der Waals surface area contributed by atoms with E-state index in [1.807, 2.05) is 29.6 Å². The third-order valence-electron chi connectivity index (χ3n) is 4.87. The molecule has 8 heteroatoms. The number of thioether (sulfide) groups is 1. The van der Waals surface area contributed by atoms with Crippen LogP contribution in [-0.4, -0.2) is 40.5 Å². The van der Waals surface area contributed by atoms with E-state index in [-0.39, 0.29) is 23.3 Å². The number of hydrogen-bond acceptors (Lipinski definition) is 6. The van der Waals surface area contributed by atoms with Crippen molar-refractivity contribution in [1.29, 1.82) is 0 Å². The van der Waals surface area contributed by atoms with Crippen LogP contribution in [0, 0.1) is 0 Å². The molecule has 1 saturated heterocycles. The van der Waals surface area contributed by atoms with Gasteiger partial charge in [0.05, 0.1) is 22.8 Å². The highest BCUT2D eigenvalue weighted by atomic mass is 32.2. The van der Waals surface area contributed by atoms with Crippen LogP contribution in [0.3, 0.4) is 0 Å². The molecule has 1 aliphatic heterocycles. The predicted molar refractivity (Wildman–Crippen MR) is 117 cm³/mol. The smallest absolute Gasteiger partial charge is 0.262 e. The normalized spacial score (nSPS) is 16.3. The molecule has 4 rings (SSSR count). The van der Waals surface area contributed by atoms with E-state index in [1.54, 1.807) is 22.0 Å². The molecule has 2 aromatic heterocycles. The molecule has 0 saturated carbocycles. The second-order valence-electron chi connectivity index (χ2n) is 6.93. The number of rotatable bonds is 8. The number of para-hydroxylation sites is 1. The lowest BCUT2D eigenvalue weighted by molar-refractivity contribution is -0.119. The molecule has 0 radical (unpaired) electrons. The number of aryl methyl sites for hydroxylation is 1. The highest BCUT2D eigenvalue weighted by Crippen LogP contribution is 2.19. The van der Waals surface area contributed by atoms with E-state index in [9.17, 15) is 9.59 Å². The van der Waals surface area contributed by atoms with Gasteiger partial charge in [0.1, 0.15) is 0 Å². The number of fused-ring (bicyclic) bond motifs is 1. The number of carbonyl (C=O) groups excluding carboxylic acids is 1. The van der Waals surface area contributed by atoms with Gasteiger partial charge in [-0.25, -0.2) is 4.98 Å². The molecule has 152 valence electrons. The van der Waals surface area contributed by atoms with Crippen molar-refractivity contribution in [2.75, 3.05) is 18.9 Å². The molecule has 1 aromatic carbocycles. The van der Waals surface area contributed by atoms with Gasteiger partial charge in [-0.05, 0) is 42.8 Å². The number of ether oxygens (including phenoxy) is 1. The summed E-state index contributed by atoms with van der Waals surface area (Å²) in [5.41, 5.74) is 0.599. The summed E-state index contributed by atoms with van der Waals surface area (Å²) >= 11 is 2.98. The zero-order valence-corrected chi connectivity index (χ0v) is 17.6. The molecule has 0 bridgehead atoms. The molecule has 0 spiro atoms. The molecule has 1 fully saturated rings. The van der Waals surface area contributed by atoms with E-state index in [1.165, 1.54) is 16.6 Å². The zero-order chi connectivity index (χ0) is 20.1. The van der Waals surface area contributed by atoms with E-state index in [2.05, 4.69) is 16.4 Å². The average molecular weight is 430 g/mol. The number of thiophene rings is 1. The Hall–Kier alpha value is -2.16. The topological polar surface area (TPSA) is 73.2 Å². The van der Waals surface area contributed by atoms with Crippen LogP contribution >= 0.6 is 23.1 Å². The van der Waals surface area contributed by atoms with Crippen molar-refractivity contribution < 1.29 is 9.53 Å². The van der Waals surface area contributed by atoms with Gasteiger partial charge in [0, 0.05) is 24.6 Å². The summed E-state index contributed by atoms with van der Waals surface area (Å²) in [6.07, 6.45) is 2.91. The van der Waals surface area contributed by atoms with E-state index in [0.717, 1.165) is 25.9 Å². The fraction of sp³-hybridized carbons (Fsp3) is 0.381. The summed E-state index contributed by atoms with van der Waals surface area (Å²) in [7, 11) is 0. The van der Waals surface area contributed by atoms with E-state index in [0.29, 0.717) is 29.1 Å². The van der Waals surface area contributed by atoms with Gasteiger partial charge >= 0.3 is 0 Å². The lowest BCUT2D eigenvalue weighted by Gasteiger charge is -2.13. The maximum Gasteiger partial charge on any atom is 0.262 e. The Morgan fingerprint density at radius 2 is 2.21 bits per heavy atom. The van der Waals surface area contributed by atoms with Crippen LogP contribution in [0.5, 0.6) is 0 Å². The maximum atomic E-state index is 13.0. The van der Waals surface area contributed by atoms with Crippen molar-refractivity contribution in [1.82, 2.24) is 14.9 Å². The average Bonchev–Trinajstić information content (AvgIpc) is 3.44. The first kappa shape index (κ1) is 20.1. The number of aromatic nitrogens is 2. The van der Waals surface area contributed by atoms with Crippen molar-refractivity contribution >= 4 is 39.9 Å². The minimum atomic E-state index is -0.0716. The summed E-state index contributed by atoms with van der Waals surface area (Å²) in [6, 6.07) is 11.4. The van der Waals surface area contributed by atoms with Crippen LogP contribution < -0.4 is 10.9 Å². The Labute approximate surface area is 177 Å². The first-order valence-electron chi connectivity index (χ1n) is 9.74. The summed E-state index contributed by atoms with van der Waals surface area (Å²) in [6.45, 7) is 1.85. The number of nitrogens with zero attached hydrogens (tertiary/aromatic N) is 2. The Kier molecular flexibility index (Phi) is 6.63. The SMILES string of the molecule is O=C(CSc1nc2ccccc2c(=O)n1CCc1cccs1)NC[C@H]1CCCO1. The van der Waals surface area contributed by atoms with Crippen molar-refractivity contribution in [3.05, 3.63) is 57.0 Å². The lowest BCUT2D eigenvalue weighted by Crippen LogP contribution is -2.33. The lowest BCUT2D eigenvalue weighted by atomic mass is 10.2. The van der Waals surface area contributed by atoms with Crippen molar-refractivity contribution in [3.8, 4) is 0 Å². The number of benzene rings is 1. The van der Waals surface area contributed by atoms with Gasteiger partial charge < -0.3 is 10.1 Å². The summed E-state index contributed by atoms with van der Waals surface area (Å²) in [4.78, 5) is 31.2.